The lowest BCUT2D eigenvalue weighted by Gasteiger charge is -2.26. The van der Waals surface area contributed by atoms with Crippen LogP contribution in [0.15, 0.2) is 42.5 Å². The molecule has 5 nitrogen and oxygen atoms in total. The van der Waals surface area contributed by atoms with E-state index in [0.29, 0.717) is 17.8 Å². The van der Waals surface area contributed by atoms with Crippen molar-refractivity contribution in [2.24, 2.45) is 0 Å². The molecule has 0 bridgehead atoms. The van der Waals surface area contributed by atoms with Crippen LogP contribution in [0.1, 0.15) is 23.6 Å². The highest BCUT2D eigenvalue weighted by molar-refractivity contribution is 7.92. The van der Waals surface area contributed by atoms with E-state index in [9.17, 15) is 13.2 Å². The van der Waals surface area contributed by atoms with Crippen molar-refractivity contribution in [2.45, 2.75) is 27.2 Å². The Morgan fingerprint density at radius 3 is 2.28 bits per heavy atom. The zero-order valence-corrected chi connectivity index (χ0v) is 15.9. The Bertz CT molecular complexity index is 859. The van der Waals surface area contributed by atoms with Gasteiger partial charge in [0.25, 0.3) is 0 Å². The maximum absolute atomic E-state index is 12.4. The average Bonchev–Trinajstić information content (AvgIpc) is 2.54. The first-order valence-electron chi connectivity index (χ1n) is 8.15. The first-order chi connectivity index (χ1) is 11.7. The van der Waals surface area contributed by atoms with E-state index in [0.717, 1.165) is 22.9 Å². The van der Waals surface area contributed by atoms with Crippen molar-refractivity contribution in [3.63, 3.8) is 0 Å². The normalized spacial score (nSPS) is 11.2. The fourth-order valence-electron chi connectivity index (χ4n) is 2.69. The minimum Gasteiger partial charge on any atom is -0.325 e. The number of rotatable bonds is 6. The fourth-order valence-corrected chi connectivity index (χ4v) is 3.64. The fraction of sp³-hybridized carbons (Fsp3) is 0.316. The van der Waals surface area contributed by atoms with Crippen LogP contribution in [-0.2, 0) is 21.2 Å². The van der Waals surface area contributed by atoms with Crippen LogP contribution < -0.4 is 9.62 Å². The Kier molecular flexibility index (Phi) is 5.85. The maximum Gasteiger partial charge on any atom is 0.245 e. The summed E-state index contributed by atoms with van der Waals surface area (Å²) in [6, 6.07) is 13.0. The minimum atomic E-state index is -3.59. The number of aryl methyl sites for hydroxylation is 3. The molecule has 2 aromatic carbocycles. The molecule has 2 aromatic rings. The van der Waals surface area contributed by atoms with E-state index in [1.54, 1.807) is 12.1 Å². The van der Waals surface area contributed by atoms with Crippen LogP contribution in [0.25, 0.3) is 0 Å². The third-order valence-corrected chi connectivity index (χ3v) is 5.09. The Balaban J connectivity index is 2.31. The number of nitrogens with zero attached hydrogens (tertiary/aromatic N) is 1. The molecule has 0 spiro atoms. The van der Waals surface area contributed by atoms with Crippen molar-refractivity contribution in [3.05, 3.63) is 59.2 Å². The van der Waals surface area contributed by atoms with Gasteiger partial charge in [-0.2, -0.15) is 0 Å². The molecule has 0 saturated heterocycles. The number of hydrogen-bond donors (Lipinski definition) is 1. The summed E-state index contributed by atoms with van der Waals surface area (Å²) in [4.78, 5) is 12.4. The first kappa shape index (κ1) is 19.0. The second-order valence-electron chi connectivity index (χ2n) is 6.12. The average molecular weight is 360 g/mol. The number of anilines is 2. The molecule has 0 aliphatic carbocycles. The summed E-state index contributed by atoms with van der Waals surface area (Å²) in [5.41, 5.74) is 4.04. The van der Waals surface area contributed by atoms with Gasteiger partial charge >= 0.3 is 0 Å². The second-order valence-corrected chi connectivity index (χ2v) is 8.03. The highest BCUT2D eigenvalue weighted by atomic mass is 32.2. The summed E-state index contributed by atoms with van der Waals surface area (Å²) in [6.07, 6.45) is 1.81. The Morgan fingerprint density at radius 2 is 1.72 bits per heavy atom. The van der Waals surface area contributed by atoms with Gasteiger partial charge in [0.2, 0.25) is 15.9 Å². The molecule has 0 unspecified atom stereocenters. The van der Waals surface area contributed by atoms with Gasteiger partial charge in [-0.3, -0.25) is 9.10 Å². The number of benzene rings is 2. The van der Waals surface area contributed by atoms with Gasteiger partial charge < -0.3 is 5.32 Å². The number of hydrogen-bond acceptors (Lipinski definition) is 3. The van der Waals surface area contributed by atoms with Crippen molar-refractivity contribution in [1.82, 2.24) is 0 Å². The van der Waals surface area contributed by atoms with E-state index < -0.39 is 10.0 Å². The third kappa shape index (κ3) is 4.82. The van der Waals surface area contributed by atoms with Gasteiger partial charge in [-0.1, -0.05) is 42.8 Å². The van der Waals surface area contributed by atoms with Gasteiger partial charge in [0.1, 0.15) is 6.54 Å². The first-order valence-corrected chi connectivity index (χ1v) is 10.00. The molecule has 0 atom stereocenters. The van der Waals surface area contributed by atoms with Gasteiger partial charge in [-0.25, -0.2) is 8.42 Å². The van der Waals surface area contributed by atoms with Crippen LogP contribution in [-0.4, -0.2) is 27.1 Å². The van der Waals surface area contributed by atoms with Gasteiger partial charge in [0, 0.05) is 5.69 Å². The summed E-state index contributed by atoms with van der Waals surface area (Å²) in [6.45, 7) is 5.52. The van der Waals surface area contributed by atoms with Crippen LogP contribution in [0, 0.1) is 13.8 Å². The largest absolute Gasteiger partial charge is 0.325 e. The topological polar surface area (TPSA) is 66.5 Å². The summed E-state index contributed by atoms with van der Waals surface area (Å²) >= 11 is 0. The van der Waals surface area contributed by atoms with Crippen molar-refractivity contribution in [1.29, 1.82) is 0 Å². The van der Waals surface area contributed by atoms with E-state index in [-0.39, 0.29) is 12.5 Å². The van der Waals surface area contributed by atoms with E-state index in [1.165, 1.54) is 4.31 Å². The Labute approximate surface area is 149 Å². The summed E-state index contributed by atoms with van der Waals surface area (Å²) in [7, 11) is -3.59. The highest BCUT2D eigenvalue weighted by Gasteiger charge is 2.24. The molecule has 0 aliphatic rings. The lowest BCUT2D eigenvalue weighted by Crippen LogP contribution is -2.38. The van der Waals surface area contributed by atoms with Gasteiger partial charge in [-0.15, -0.1) is 0 Å². The molecule has 1 N–H and O–H groups in total. The van der Waals surface area contributed by atoms with Crippen molar-refractivity contribution >= 4 is 27.3 Å². The maximum atomic E-state index is 12.4. The number of nitrogens with one attached hydrogen (secondary N) is 1. The van der Waals surface area contributed by atoms with E-state index in [1.807, 2.05) is 51.1 Å². The molecule has 0 heterocycles. The molecule has 25 heavy (non-hydrogen) atoms. The van der Waals surface area contributed by atoms with Crippen LogP contribution in [0.4, 0.5) is 11.4 Å². The lowest BCUT2D eigenvalue weighted by atomic mass is 10.1. The Hall–Kier alpha value is -2.34. The van der Waals surface area contributed by atoms with Crippen LogP contribution in [0.5, 0.6) is 0 Å². The van der Waals surface area contributed by atoms with Gasteiger partial charge in [0.05, 0.1) is 11.9 Å². The quantitative estimate of drug-likeness (QED) is 0.860. The zero-order chi connectivity index (χ0) is 18.6. The highest BCUT2D eigenvalue weighted by Crippen LogP contribution is 2.27. The van der Waals surface area contributed by atoms with Crippen LogP contribution >= 0.6 is 0 Å². The predicted octanol–water partition coefficient (Wildman–Crippen LogP) is 3.27. The molecule has 0 fully saturated rings. The number of carbonyl (C=O) groups is 1. The van der Waals surface area contributed by atoms with Crippen molar-refractivity contribution < 1.29 is 13.2 Å². The van der Waals surface area contributed by atoms with Crippen LogP contribution in [0.2, 0.25) is 0 Å². The molecular formula is C19H24N2O3S. The summed E-state index contributed by atoms with van der Waals surface area (Å²) in [5, 5.41) is 2.75. The molecule has 0 aromatic heterocycles. The number of para-hydroxylation sites is 1. The standard InChI is InChI=1S/C19H24N2O3S/c1-5-16-8-6-7-15(3)19(16)21(25(4,23)24)13-18(22)20-17-11-9-14(2)10-12-17/h6-12H,5,13H2,1-4H3,(H,20,22). The number of sulfonamides is 1. The minimum absolute atomic E-state index is 0.259. The SMILES string of the molecule is CCc1cccc(C)c1N(CC(=O)Nc1ccc(C)cc1)S(C)(=O)=O. The zero-order valence-electron chi connectivity index (χ0n) is 15.0. The third-order valence-electron chi connectivity index (χ3n) is 3.97. The lowest BCUT2D eigenvalue weighted by molar-refractivity contribution is -0.114. The van der Waals surface area contributed by atoms with Crippen LogP contribution in [0.3, 0.4) is 0 Å². The van der Waals surface area contributed by atoms with E-state index >= 15 is 0 Å². The summed E-state index contributed by atoms with van der Waals surface area (Å²) < 4.78 is 25.8. The van der Waals surface area contributed by atoms with Crippen molar-refractivity contribution in [2.75, 3.05) is 22.4 Å². The van der Waals surface area contributed by atoms with Gasteiger partial charge in [0.15, 0.2) is 0 Å². The molecule has 0 saturated carbocycles. The number of carbonyl (C=O) groups excluding carboxylic acids is 1. The molecular weight excluding hydrogens is 336 g/mol. The number of amides is 1. The molecule has 6 heteroatoms. The summed E-state index contributed by atoms with van der Waals surface area (Å²) in [5.74, 6) is -0.375. The Morgan fingerprint density at radius 1 is 1.08 bits per heavy atom. The molecule has 134 valence electrons. The van der Waals surface area contributed by atoms with Gasteiger partial charge in [-0.05, 0) is 43.5 Å². The molecule has 2 rings (SSSR count). The molecule has 0 aliphatic heterocycles. The van der Waals surface area contributed by atoms with E-state index in [4.69, 9.17) is 0 Å². The second kappa shape index (κ2) is 7.70. The van der Waals surface area contributed by atoms with E-state index in [2.05, 4.69) is 5.32 Å². The smallest absolute Gasteiger partial charge is 0.245 e. The molecule has 0 radical (unpaired) electrons. The monoisotopic (exact) mass is 360 g/mol. The molecule has 1 amide bonds. The predicted molar refractivity (Wildman–Crippen MR) is 103 cm³/mol. The van der Waals surface area contributed by atoms with Crippen molar-refractivity contribution in [3.8, 4) is 0 Å².